The predicted octanol–water partition coefficient (Wildman–Crippen LogP) is 2.52. The number of nitrogens with zero attached hydrogens (tertiary/aromatic N) is 2. The molecule has 0 saturated carbocycles. The van der Waals surface area contributed by atoms with Crippen molar-refractivity contribution < 1.29 is 14.5 Å². The molecule has 1 rings (SSSR count). The lowest BCUT2D eigenvalue weighted by atomic mass is 9.84. The SMILES string of the molecule is Cc1nc(NC(=O)CN(CCC[NH+](C)C)C(=O)C[C@H](C)CC(C)(C)C)sc1C. The van der Waals surface area contributed by atoms with E-state index >= 15 is 0 Å². The van der Waals surface area contributed by atoms with Gasteiger partial charge in [0.1, 0.15) is 0 Å². The largest absolute Gasteiger partial charge is 0.340 e. The predicted molar refractivity (Wildman–Crippen MR) is 117 cm³/mol. The summed E-state index contributed by atoms with van der Waals surface area (Å²) in [6.45, 7) is 14.3. The summed E-state index contributed by atoms with van der Waals surface area (Å²) in [4.78, 5) is 33.9. The van der Waals surface area contributed by atoms with Gasteiger partial charge in [0.2, 0.25) is 11.8 Å². The molecule has 0 unspecified atom stereocenters. The average molecular weight is 412 g/mol. The Morgan fingerprint density at radius 1 is 1.25 bits per heavy atom. The van der Waals surface area contributed by atoms with E-state index < -0.39 is 0 Å². The summed E-state index contributed by atoms with van der Waals surface area (Å²) in [7, 11) is 4.19. The molecule has 0 aliphatic rings. The Kier molecular flexibility index (Phi) is 9.57. The highest BCUT2D eigenvalue weighted by atomic mass is 32.1. The van der Waals surface area contributed by atoms with Gasteiger partial charge in [0.15, 0.2) is 5.13 Å². The van der Waals surface area contributed by atoms with E-state index in [0.717, 1.165) is 30.0 Å². The first-order valence-electron chi connectivity index (χ1n) is 10.2. The first kappa shape index (κ1) is 24.6. The first-order valence-corrected chi connectivity index (χ1v) is 11.0. The minimum Gasteiger partial charge on any atom is -0.340 e. The summed E-state index contributed by atoms with van der Waals surface area (Å²) in [6, 6.07) is 0. The summed E-state index contributed by atoms with van der Waals surface area (Å²) in [5, 5.41) is 3.45. The minimum absolute atomic E-state index is 0.0622. The summed E-state index contributed by atoms with van der Waals surface area (Å²) in [5.74, 6) is 0.178. The van der Waals surface area contributed by atoms with Crippen LogP contribution in [-0.2, 0) is 9.59 Å². The highest BCUT2D eigenvalue weighted by molar-refractivity contribution is 7.15. The van der Waals surface area contributed by atoms with Gasteiger partial charge in [-0.2, -0.15) is 0 Å². The third-order valence-electron chi connectivity index (χ3n) is 4.55. The van der Waals surface area contributed by atoms with E-state index in [0.29, 0.717) is 24.0 Å². The molecule has 6 nitrogen and oxygen atoms in total. The number of quaternary nitrogens is 1. The first-order chi connectivity index (χ1) is 12.9. The molecule has 2 N–H and O–H groups in total. The fraction of sp³-hybridized carbons (Fsp3) is 0.762. The lowest BCUT2D eigenvalue weighted by Gasteiger charge is -2.27. The summed E-state index contributed by atoms with van der Waals surface area (Å²) in [6.07, 6.45) is 2.34. The maximum atomic E-state index is 12.9. The molecule has 0 aliphatic heterocycles. The van der Waals surface area contributed by atoms with E-state index in [2.05, 4.69) is 52.1 Å². The molecule has 160 valence electrons. The Morgan fingerprint density at radius 2 is 1.89 bits per heavy atom. The van der Waals surface area contributed by atoms with Crippen LogP contribution in [0.15, 0.2) is 0 Å². The molecule has 0 spiro atoms. The van der Waals surface area contributed by atoms with E-state index in [4.69, 9.17) is 0 Å². The van der Waals surface area contributed by atoms with Gasteiger partial charge in [-0.3, -0.25) is 9.59 Å². The Morgan fingerprint density at radius 3 is 2.39 bits per heavy atom. The molecule has 1 heterocycles. The minimum atomic E-state index is -0.178. The number of carbonyl (C=O) groups excluding carboxylic acids is 2. The number of thiazole rings is 1. The fourth-order valence-electron chi connectivity index (χ4n) is 3.32. The second-order valence-electron chi connectivity index (χ2n) is 9.41. The van der Waals surface area contributed by atoms with E-state index in [9.17, 15) is 9.59 Å². The Balaban J connectivity index is 2.71. The zero-order valence-electron chi connectivity index (χ0n) is 18.9. The molecular weight excluding hydrogens is 372 g/mol. The lowest BCUT2D eigenvalue weighted by molar-refractivity contribution is -0.858. The van der Waals surface area contributed by atoms with Crippen LogP contribution in [-0.4, -0.2) is 55.4 Å². The van der Waals surface area contributed by atoms with Crippen molar-refractivity contribution in [2.45, 2.75) is 60.8 Å². The van der Waals surface area contributed by atoms with Crippen LogP contribution in [0.1, 0.15) is 57.5 Å². The van der Waals surface area contributed by atoms with Crippen molar-refractivity contribution in [2.75, 3.05) is 39.0 Å². The van der Waals surface area contributed by atoms with Crippen LogP contribution in [0.25, 0.3) is 0 Å². The third-order valence-corrected chi connectivity index (χ3v) is 5.54. The number of nitrogens with one attached hydrogen (secondary N) is 2. The van der Waals surface area contributed by atoms with E-state index in [1.807, 2.05) is 13.8 Å². The second-order valence-corrected chi connectivity index (χ2v) is 10.6. The number of amides is 2. The normalized spacial score (nSPS) is 12.9. The number of aromatic nitrogens is 1. The maximum Gasteiger partial charge on any atom is 0.245 e. The second kappa shape index (κ2) is 10.9. The van der Waals surface area contributed by atoms with Crippen LogP contribution < -0.4 is 10.2 Å². The van der Waals surface area contributed by atoms with Crippen LogP contribution in [0.3, 0.4) is 0 Å². The zero-order chi connectivity index (χ0) is 21.5. The number of hydrogen-bond acceptors (Lipinski definition) is 4. The van der Waals surface area contributed by atoms with Crippen LogP contribution >= 0.6 is 11.3 Å². The quantitative estimate of drug-likeness (QED) is 0.622. The molecule has 2 amide bonds. The molecule has 1 atom stereocenters. The molecule has 0 saturated heterocycles. The van der Waals surface area contributed by atoms with Gasteiger partial charge < -0.3 is 15.1 Å². The van der Waals surface area contributed by atoms with Gasteiger partial charge in [-0.15, -0.1) is 11.3 Å². The van der Waals surface area contributed by atoms with Gasteiger partial charge in [0.25, 0.3) is 0 Å². The molecule has 1 aromatic rings. The van der Waals surface area contributed by atoms with Gasteiger partial charge in [0.05, 0.1) is 32.9 Å². The van der Waals surface area contributed by atoms with Gasteiger partial charge in [-0.1, -0.05) is 27.7 Å². The molecule has 0 radical (unpaired) electrons. The van der Waals surface area contributed by atoms with Gasteiger partial charge in [-0.05, 0) is 31.6 Å². The summed E-state index contributed by atoms with van der Waals surface area (Å²) in [5.41, 5.74) is 1.12. The lowest BCUT2D eigenvalue weighted by Crippen LogP contribution is -3.05. The van der Waals surface area contributed by atoms with Gasteiger partial charge in [-0.25, -0.2) is 4.98 Å². The van der Waals surface area contributed by atoms with Crippen molar-refractivity contribution in [3.63, 3.8) is 0 Å². The van der Waals surface area contributed by atoms with Crippen molar-refractivity contribution in [2.24, 2.45) is 11.3 Å². The monoisotopic (exact) mass is 411 g/mol. The number of carbonyl (C=O) groups is 2. The van der Waals surface area contributed by atoms with E-state index in [-0.39, 0.29) is 23.8 Å². The molecular formula is C21H39N4O2S+. The standard InChI is InChI=1S/C21H38N4O2S/c1-15(13-21(4,5)6)12-19(27)25(11-9-10-24(7)8)14-18(26)23-20-22-16(2)17(3)28-20/h15H,9-14H2,1-8H3,(H,22,23,26)/p+1/t15-/m0/s1. The topological polar surface area (TPSA) is 66.7 Å². The van der Waals surface area contributed by atoms with Crippen LogP contribution in [0.2, 0.25) is 0 Å². The number of anilines is 1. The van der Waals surface area contributed by atoms with Crippen molar-refractivity contribution in [1.82, 2.24) is 9.88 Å². The third kappa shape index (κ3) is 9.64. The highest BCUT2D eigenvalue weighted by Gasteiger charge is 2.23. The van der Waals surface area contributed by atoms with Crippen LogP contribution in [0, 0.1) is 25.2 Å². The number of rotatable bonds is 10. The smallest absolute Gasteiger partial charge is 0.245 e. The molecule has 7 heteroatoms. The van der Waals surface area contributed by atoms with Crippen molar-refractivity contribution in [1.29, 1.82) is 0 Å². The highest BCUT2D eigenvalue weighted by Crippen LogP contribution is 2.26. The molecule has 1 aromatic heterocycles. The number of aryl methyl sites for hydroxylation is 2. The van der Waals surface area contributed by atoms with E-state index in [1.54, 1.807) is 4.90 Å². The Hall–Kier alpha value is -1.47. The van der Waals surface area contributed by atoms with Crippen molar-refractivity contribution in [3.8, 4) is 0 Å². The van der Waals surface area contributed by atoms with Crippen molar-refractivity contribution >= 4 is 28.3 Å². The van der Waals surface area contributed by atoms with E-state index in [1.165, 1.54) is 16.2 Å². The van der Waals surface area contributed by atoms with Crippen molar-refractivity contribution in [3.05, 3.63) is 10.6 Å². The average Bonchev–Trinajstić information content (AvgIpc) is 2.81. The zero-order valence-corrected chi connectivity index (χ0v) is 19.8. The maximum absolute atomic E-state index is 12.9. The summed E-state index contributed by atoms with van der Waals surface area (Å²) >= 11 is 1.47. The summed E-state index contributed by atoms with van der Waals surface area (Å²) < 4.78 is 0. The number of hydrogen-bond donors (Lipinski definition) is 2. The molecule has 0 aliphatic carbocycles. The Bertz CT molecular complexity index is 630. The molecule has 0 bridgehead atoms. The molecule has 0 fully saturated rings. The van der Waals surface area contributed by atoms with Gasteiger partial charge in [0, 0.05) is 24.3 Å². The fourth-order valence-corrected chi connectivity index (χ4v) is 4.15. The molecule has 28 heavy (non-hydrogen) atoms. The van der Waals surface area contributed by atoms with Crippen LogP contribution in [0.4, 0.5) is 5.13 Å². The molecule has 0 aromatic carbocycles. The van der Waals surface area contributed by atoms with Crippen LogP contribution in [0.5, 0.6) is 0 Å². The van der Waals surface area contributed by atoms with Gasteiger partial charge >= 0.3 is 0 Å². The Labute approximate surface area is 174 Å².